The maximum Gasteiger partial charge on any atom is 0.302 e. The zero-order valence-corrected chi connectivity index (χ0v) is 14.5. The first-order valence-electron chi connectivity index (χ1n) is 8.01. The number of fused-ring (bicyclic) bond motifs is 2. The average Bonchev–Trinajstić information content (AvgIpc) is 3.27. The Morgan fingerprint density at radius 2 is 1.85 bits per heavy atom. The topological polar surface area (TPSA) is 73.3 Å². The molecule has 0 aliphatic carbocycles. The quantitative estimate of drug-likeness (QED) is 0.477. The van der Waals surface area contributed by atoms with Gasteiger partial charge in [-0.15, -0.1) is 15.3 Å². The summed E-state index contributed by atoms with van der Waals surface area (Å²) in [4.78, 5) is 13.2. The van der Waals surface area contributed by atoms with Crippen molar-refractivity contribution in [2.24, 2.45) is 0 Å². The predicted octanol–water partition coefficient (Wildman–Crippen LogP) is 3.93. The fraction of sp³-hybridized carbons (Fsp3) is 0.0526. The van der Waals surface area contributed by atoms with Crippen LogP contribution < -0.4 is 5.56 Å². The van der Waals surface area contributed by atoms with E-state index in [1.807, 2.05) is 61.5 Å². The summed E-state index contributed by atoms with van der Waals surface area (Å²) in [5.74, 6) is 0.609. The summed E-state index contributed by atoms with van der Waals surface area (Å²) in [5, 5.41) is 14.3. The number of aryl methyl sites for hydroxylation is 1. The fourth-order valence-corrected chi connectivity index (χ4v) is 3.58. The van der Waals surface area contributed by atoms with Gasteiger partial charge in [-0.2, -0.15) is 4.52 Å². The van der Waals surface area contributed by atoms with E-state index in [-0.39, 0.29) is 11.3 Å². The summed E-state index contributed by atoms with van der Waals surface area (Å²) in [6, 6.07) is 17.2. The highest BCUT2D eigenvalue weighted by Gasteiger charge is 2.16. The van der Waals surface area contributed by atoms with Crippen LogP contribution in [0, 0.1) is 6.92 Å². The maximum absolute atomic E-state index is 12.8. The highest BCUT2D eigenvalue weighted by atomic mass is 32.1. The van der Waals surface area contributed by atoms with Gasteiger partial charge >= 0.3 is 5.56 Å². The molecular weight excluding hydrogens is 348 g/mol. The van der Waals surface area contributed by atoms with Gasteiger partial charge in [0, 0.05) is 10.9 Å². The van der Waals surface area contributed by atoms with Crippen LogP contribution in [0.2, 0.25) is 0 Å². The Morgan fingerprint density at radius 1 is 1.04 bits per heavy atom. The molecule has 0 unspecified atom stereocenters. The minimum atomic E-state index is -0.294. The van der Waals surface area contributed by atoms with Crippen molar-refractivity contribution >= 4 is 27.3 Å². The summed E-state index contributed by atoms with van der Waals surface area (Å²) in [5.41, 5.74) is 2.60. The van der Waals surface area contributed by atoms with Crippen LogP contribution in [0.1, 0.15) is 5.56 Å². The smallest absolute Gasteiger partial charge is 0.302 e. The fourth-order valence-electron chi connectivity index (χ4n) is 2.79. The van der Waals surface area contributed by atoms with E-state index in [2.05, 4.69) is 15.3 Å². The molecule has 26 heavy (non-hydrogen) atoms. The van der Waals surface area contributed by atoms with Crippen LogP contribution in [0.15, 0.2) is 63.8 Å². The number of furan rings is 1. The van der Waals surface area contributed by atoms with Gasteiger partial charge in [-0.3, -0.25) is 4.79 Å². The summed E-state index contributed by atoms with van der Waals surface area (Å²) in [6.45, 7) is 1.99. The van der Waals surface area contributed by atoms with Gasteiger partial charge in [0.15, 0.2) is 16.5 Å². The molecule has 0 bridgehead atoms. The Bertz CT molecular complexity index is 1280. The largest absolute Gasteiger partial charge is 0.453 e. The minimum Gasteiger partial charge on any atom is -0.453 e. The van der Waals surface area contributed by atoms with Crippen molar-refractivity contribution < 1.29 is 4.42 Å². The molecule has 0 saturated carbocycles. The Hall–Kier alpha value is -3.32. The third-order valence-corrected chi connectivity index (χ3v) is 5.07. The van der Waals surface area contributed by atoms with Crippen molar-refractivity contribution in [1.29, 1.82) is 0 Å². The van der Waals surface area contributed by atoms with Gasteiger partial charge in [0.25, 0.3) is 0 Å². The van der Waals surface area contributed by atoms with Crippen molar-refractivity contribution in [1.82, 2.24) is 19.8 Å². The van der Waals surface area contributed by atoms with E-state index in [4.69, 9.17) is 4.42 Å². The van der Waals surface area contributed by atoms with Gasteiger partial charge < -0.3 is 4.42 Å². The highest BCUT2D eigenvalue weighted by Crippen LogP contribution is 2.30. The van der Waals surface area contributed by atoms with E-state index < -0.39 is 0 Å². The lowest BCUT2D eigenvalue weighted by atomic mass is 10.1. The van der Waals surface area contributed by atoms with Crippen LogP contribution in [-0.4, -0.2) is 19.8 Å². The van der Waals surface area contributed by atoms with Crippen LogP contribution in [-0.2, 0) is 0 Å². The number of aromatic nitrogens is 4. The standard InChI is InChI=1S/C19H12N4O2S/c1-11-6-8-12(9-7-11)16-18(24)23-19(21-20-16)26-17(22-23)15-10-13-4-2-3-5-14(13)25-15/h2-10H,1H3. The zero-order chi connectivity index (χ0) is 17.7. The molecular formula is C19H12N4O2S. The number of rotatable bonds is 2. The molecule has 0 spiro atoms. The Kier molecular flexibility index (Phi) is 3.23. The van der Waals surface area contributed by atoms with Gasteiger partial charge in [0.05, 0.1) is 0 Å². The third-order valence-electron chi connectivity index (χ3n) is 4.15. The predicted molar refractivity (Wildman–Crippen MR) is 100 cm³/mol. The SMILES string of the molecule is Cc1ccc(-c2nnc3sc(-c4cc5ccccc5o4)nn3c2=O)cc1. The summed E-state index contributed by atoms with van der Waals surface area (Å²) < 4.78 is 7.12. The normalized spacial score (nSPS) is 11.4. The first kappa shape index (κ1) is 15.0. The molecule has 7 heteroatoms. The van der Waals surface area contributed by atoms with Crippen LogP contribution in [0.5, 0.6) is 0 Å². The molecule has 0 fully saturated rings. The van der Waals surface area contributed by atoms with Gasteiger partial charge in [-0.25, -0.2) is 0 Å². The monoisotopic (exact) mass is 360 g/mol. The lowest BCUT2D eigenvalue weighted by molar-refractivity contribution is 0.628. The average molecular weight is 360 g/mol. The van der Waals surface area contributed by atoms with E-state index in [1.54, 1.807) is 0 Å². The van der Waals surface area contributed by atoms with E-state index >= 15 is 0 Å². The van der Waals surface area contributed by atoms with Crippen molar-refractivity contribution in [3.05, 3.63) is 70.5 Å². The van der Waals surface area contributed by atoms with Gasteiger partial charge in [-0.1, -0.05) is 59.4 Å². The maximum atomic E-state index is 12.8. The molecule has 126 valence electrons. The molecule has 6 nitrogen and oxygen atoms in total. The second kappa shape index (κ2) is 5.60. The highest BCUT2D eigenvalue weighted by molar-refractivity contribution is 7.19. The zero-order valence-electron chi connectivity index (χ0n) is 13.7. The summed E-state index contributed by atoms with van der Waals surface area (Å²) in [6.07, 6.45) is 0. The molecule has 0 N–H and O–H groups in total. The van der Waals surface area contributed by atoms with Crippen LogP contribution in [0.3, 0.4) is 0 Å². The van der Waals surface area contributed by atoms with E-state index in [1.165, 1.54) is 15.9 Å². The van der Waals surface area contributed by atoms with Gasteiger partial charge in [0.1, 0.15) is 5.58 Å². The van der Waals surface area contributed by atoms with Crippen LogP contribution in [0.4, 0.5) is 0 Å². The molecule has 3 aromatic heterocycles. The molecule has 3 heterocycles. The molecule has 2 aromatic carbocycles. The first-order chi connectivity index (χ1) is 12.7. The minimum absolute atomic E-state index is 0.281. The Balaban J connectivity index is 1.67. The Labute approximate surface area is 151 Å². The molecule has 5 rings (SSSR count). The number of nitrogens with zero attached hydrogens (tertiary/aromatic N) is 4. The molecule has 0 aliphatic heterocycles. The van der Waals surface area contributed by atoms with Gasteiger partial charge in [-0.05, 0) is 19.1 Å². The van der Waals surface area contributed by atoms with E-state index in [0.717, 1.165) is 22.1 Å². The summed E-state index contributed by atoms with van der Waals surface area (Å²) >= 11 is 1.27. The number of hydrogen-bond acceptors (Lipinski definition) is 6. The lowest BCUT2D eigenvalue weighted by Gasteiger charge is -1.99. The Morgan fingerprint density at radius 3 is 2.65 bits per heavy atom. The second-order valence-electron chi connectivity index (χ2n) is 5.97. The lowest BCUT2D eigenvalue weighted by Crippen LogP contribution is -2.19. The summed E-state index contributed by atoms with van der Waals surface area (Å²) in [7, 11) is 0. The van der Waals surface area contributed by atoms with E-state index in [9.17, 15) is 4.79 Å². The van der Waals surface area contributed by atoms with Crippen LogP contribution in [0.25, 0.3) is 38.0 Å². The van der Waals surface area contributed by atoms with E-state index in [0.29, 0.717) is 15.7 Å². The number of para-hydroxylation sites is 1. The molecule has 0 radical (unpaired) electrons. The number of hydrogen-bond donors (Lipinski definition) is 0. The third kappa shape index (κ3) is 2.33. The first-order valence-corrected chi connectivity index (χ1v) is 8.83. The van der Waals surface area contributed by atoms with Crippen molar-refractivity contribution in [3.8, 4) is 22.0 Å². The molecule has 0 saturated heterocycles. The van der Waals surface area contributed by atoms with Crippen molar-refractivity contribution in [3.63, 3.8) is 0 Å². The molecule has 0 amide bonds. The van der Waals surface area contributed by atoms with Crippen molar-refractivity contribution in [2.45, 2.75) is 6.92 Å². The van der Waals surface area contributed by atoms with Crippen molar-refractivity contribution in [2.75, 3.05) is 0 Å². The number of benzene rings is 2. The molecule has 5 aromatic rings. The van der Waals surface area contributed by atoms with Crippen LogP contribution >= 0.6 is 11.3 Å². The molecule has 0 aliphatic rings. The van der Waals surface area contributed by atoms with Gasteiger partial charge in [0.2, 0.25) is 4.96 Å². The molecule has 0 atom stereocenters. The second-order valence-corrected chi connectivity index (χ2v) is 6.93.